The van der Waals surface area contributed by atoms with Gasteiger partial charge in [0.2, 0.25) is 10.0 Å². The minimum Gasteiger partial charge on any atom is -0.497 e. The lowest BCUT2D eigenvalue weighted by atomic mass is 9.99. The highest BCUT2D eigenvalue weighted by Gasteiger charge is 2.56. The van der Waals surface area contributed by atoms with Gasteiger partial charge in [-0.15, -0.1) is 0 Å². The van der Waals surface area contributed by atoms with E-state index in [2.05, 4.69) is 0 Å². The van der Waals surface area contributed by atoms with Crippen LogP contribution in [-0.2, 0) is 19.6 Å². The Morgan fingerprint density at radius 3 is 2.72 bits per heavy atom. The Bertz CT molecular complexity index is 775. The van der Waals surface area contributed by atoms with E-state index in [0.29, 0.717) is 11.5 Å². The molecule has 0 amide bonds. The van der Waals surface area contributed by atoms with Gasteiger partial charge < -0.3 is 14.2 Å². The molecule has 3 rings (SSSR count). The van der Waals surface area contributed by atoms with E-state index in [9.17, 15) is 13.2 Å². The summed E-state index contributed by atoms with van der Waals surface area (Å²) in [6.07, 6.45) is -0.588. The Hall–Kier alpha value is -1.80. The molecule has 0 bridgehead atoms. The highest BCUT2D eigenvalue weighted by Crippen LogP contribution is 2.50. The molecule has 1 aromatic rings. The summed E-state index contributed by atoms with van der Waals surface area (Å²) in [4.78, 5) is 12.4. The third kappa shape index (κ3) is 2.87. The van der Waals surface area contributed by atoms with Gasteiger partial charge in [0, 0.05) is 18.2 Å². The standard InChI is InChI=1S/C17H23NO6S/c1-5-23-17(19)13-9-18(25(20,21)10(2)3)15-12-7-6-11(22-4)8-14(12)24-16(13)15/h6-8,10,13,15-16H,5,9H2,1-4H3/t13-,15+,16+/m1/s1. The molecule has 1 saturated heterocycles. The molecule has 2 aliphatic rings. The van der Waals surface area contributed by atoms with Gasteiger partial charge >= 0.3 is 5.97 Å². The van der Waals surface area contributed by atoms with Gasteiger partial charge in [0.25, 0.3) is 0 Å². The normalized spacial score (nSPS) is 25.4. The largest absolute Gasteiger partial charge is 0.497 e. The molecule has 1 aromatic carbocycles. The van der Waals surface area contributed by atoms with Crippen molar-refractivity contribution in [3.8, 4) is 11.5 Å². The van der Waals surface area contributed by atoms with Gasteiger partial charge in [-0.05, 0) is 32.9 Å². The molecule has 7 nitrogen and oxygen atoms in total. The molecule has 8 heteroatoms. The zero-order chi connectivity index (χ0) is 18.4. The summed E-state index contributed by atoms with van der Waals surface area (Å²) in [6, 6.07) is 4.76. The lowest BCUT2D eigenvalue weighted by molar-refractivity contribution is -0.149. The molecule has 0 spiro atoms. The second-order valence-electron chi connectivity index (χ2n) is 6.45. The summed E-state index contributed by atoms with van der Waals surface area (Å²) in [7, 11) is -2.01. The molecule has 25 heavy (non-hydrogen) atoms. The van der Waals surface area contributed by atoms with Crippen LogP contribution in [0.2, 0.25) is 0 Å². The number of sulfonamides is 1. The van der Waals surface area contributed by atoms with E-state index in [1.807, 2.05) is 0 Å². The first-order valence-electron chi connectivity index (χ1n) is 8.33. The van der Waals surface area contributed by atoms with Crippen LogP contribution >= 0.6 is 0 Å². The number of carbonyl (C=O) groups is 1. The second kappa shape index (κ2) is 6.49. The van der Waals surface area contributed by atoms with Crippen LogP contribution in [0.5, 0.6) is 11.5 Å². The van der Waals surface area contributed by atoms with Gasteiger partial charge in [-0.1, -0.05) is 0 Å². The third-order valence-corrected chi connectivity index (χ3v) is 6.93. The van der Waals surface area contributed by atoms with Crippen LogP contribution < -0.4 is 9.47 Å². The van der Waals surface area contributed by atoms with E-state index in [1.165, 1.54) is 4.31 Å². The van der Waals surface area contributed by atoms with Gasteiger partial charge in [0.05, 0.1) is 25.0 Å². The first-order valence-corrected chi connectivity index (χ1v) is 9.83. The van der Waals surface area contributed by atoms with Crippen molar-refractivity contribution in [1.82, 2.24) is 4.31 Å². The molecule has 2 heterocycles. The van der Waals surface area contributed by atoms with Crippen LogP contribution in [0.3, 0.4) is 0 Å². The van der Waals surface area contributed by atoms with E-state index in [0.717, 1.165) is 5.56 Å². The number of hydrogen-bond donors (Lipinski definition) is 0. The van der Waals surface area contributed by atoms with Gasteiger partial charge in [-0.3, -0.25) is 4.79 Å². The van der Waals surface area contributed by atoms with Crippen LogP contribution in [0.4, 0.5) is 0 Å². The summed E-state index contributed by atoms with van der Waals surface area (Å²) in [6.45, 7) is 5.30. The smallest absolute Gasteiger partial charge is 0.314 e. The number of esters is 1. The molecule has 0 saturated carbocycles. The van der Waals surface area contributed by atoms with E-state index in [-0.39, 0.29) is 13.2 Å². The fourth-order valence-electron chi connectivity index (χ4n) is 3.40. The van der Waals surface area contributed by atoms with Crippen molar-refractivity contribution in [3.63, 3.8) is 0 Å². The minimum atomic E-state index is -3.56. The van der Waals surface area contributed by atoms with Crippen molar-refractivity contribution in [3.05, 3.63) is 23.8 Å². The van der Waals surface area contributed by atoms with Gasteiger partial charge in [-0.2, -0.15) is 4.31 Å². The highest BCUT2D eigenvalue weighted by molar-refractivity contribution is 7.89. The predicted octanol–water partition coefficient (Wildman–Crippen LogP) is 1.73. The Kier molecular flexibility index (Phi) is 4.68. The Balaban J connectivity index is 2.04. The molecule has 0 N–H and O–H groups in total. The van der Waals surface area contributed by atoms with Gasteiger partial charge in [-0.25, -0.2) is 8.42 Å². The molecule has 138 valence electrons. The average molecular weight is 369 g/mol. The number of methoxy groups -OCH3 is 1. The molecule has 1 fully saturated rings. The van der Waals surface area contributed by atoms with Crippen molar-refractivity contribution >= 4 is 16.0 Å². The number of benzene rings is 1. The van der Waals surface area contributed by atoms with Crippen LogP contribution in [-0.4, -0.2) is 50.3 Å². The highest BCUT2D eigenvalue weighted by atomic mass is 32.2. The first kappa shape index (κ1) is 18.0. The zero-order valence-corrected chi connectivity index (χ0v) is 15.6. The van der Waals surface area contributed by atoms with Crippen LogP contribution in [0.1, 0.15) is 32.4 Å². The fourth-order valence-corrected chi connectivity index (χ4v) is 4.86. The van der Waals surface area contributed by atoms with Crippen molar-refractivity contribution in [2.45, 2.75) is 38.2 Å². The summed E-state index contributed by atoms with van der Waals surface area (Å²) < 4.78 is 43.4. The zero-order valence-electron chi connectivity index (χ0n) is 14.8. The summed E-state index contributed by atoms with van der Waals surface area (Å²) in [5, 5.41) is -0.587. The van der Waals surface area contributed by atoms with Crippen molar-refractivity contribution in [2.24, 2.45) is 5.92 Å². The molecular weight excluding hydrogens is 346 g/mol. The second-order valence-corrected chi connectivity index (χ2v) is 8.89. The molecular formula is C17H23NO6S. The van der Waals surface area contributed by atoms with E-state index < -0.39 is 39.3 Å². The fraction of sp³-hybridized carbons (Fsp3) is 0.588. The molecule has 3 atom stereocenters. The van der Waals surface area contributed by atoms with E-state index in [1.54, 1.807) is 46.1 Å². The lowest BCUT2D eigenvalue weighted by Gasteiger charge is -2.24. The quantitative estimate of drug-likeness (QED) is 0.735. The average Bonchev–Trinajstić information content (AvgIpc) is 3.11. The molecule has 2 aliphatic heterocycles. The number of nitrogens with zero attached hydrogens (tertiary/aromatic N) is 1. The topological polar surface area (TPSA) is 82.1 Å². The Morgan fingerprint density at radius 1 is 1.40 bits per heavy atom. The third-order valence-electron chi connectivity index (χ3n) is 4.71. The number of carbonyl (C=O) groups excluding carboxylic acids is 1. The molecule has 0 unspecified atom stereocenters. The molecule has 0 aromatic heterocycles. The first-order chi connectivity index (χ1) is 11.8. The lowest BCUT2D eigenvalue weighted by Crippen LogP contribution is -2.37. The van der Waals surface area contributed by atoms with Crippen molar-refractivity contribution in [1.29, 1.82) is 0 Å². The number of hydrogen-bond acceptors (Lipinski definition) is 6. The number of ether oxygens (including phenoxy) is 3. The van der Waals surface area contributed by atoms with Gasteiger partial charge in [0.1, 0.15) is 23.5 Å². The van der Waals surface area contributed by atoms with Crippen LogP contribution in [0.25, 0.3) is 0 Å². The minimum absolute atomic E-state index is 0.0696. The molecule has 0 aliphatic carbocycles. The van der Waals surface area contributed by atoms with Crippen molar-refractivity contribution in [2.75, 3.05) is 20.3 Å². The monoisotopic (exact) mass is 369 g/mol. The maximum atomic E-state index is 12.8. The number of rotatable bonds is 5. The number of fused-ring (bicyclic) bond motifs is 3. The summed E-state index contributed by atoms with van der Waals surface area (Å²) >= 11 is 0. The van der Waals surface area contributed by atoms with Gasteiger partial charge in [0.15, 0.2) is 0 Å². The molecule has 0 radical (unpaired) electrons. The van der Waals surface area contributed by atoms with Crippen LogP contribution in [0, 0.1) is 5.92 Å². The maximum absolute atomic E-state index is 12.8. The van der Waals surface area contributed by atoms with Crippen molar-refractivity contribution < 1.29 is 27.4 Å². The SMILES string of the molecule is CCOC(=O)[C@@H]1CN(S(=O)(=O)C(C)C)[C@H]2c3ccc(OC)cc3O[C@@H]12. The van der Waals surface area contributed by atoms with Crippen LogP contribution in [0.15, 0.2) is 18.2 Å². The summed E-state index contributed by atoms with van der Waals surface area (Å²) in [5.74, 6) is 0.0765. The predicted molar refractivity (Wildman–Crippen MR) is 91.0 cm³/mol. The summed E-state index contributed by atoms with van der Waals surface area (Å²) in [5.41, 5.74) is 0.752. The maximum Gasteiger partial charge on any atom is 0.314 e. The van der Waals surface area contributed by atoms with E-state index in [4.69, 9.17) is 14.2 Å². The Morgan fingerprint density at radius 2 is 2.12 bits per heavy atom. The Labute approximate surface area is 147 Å². The van der Waals surface area contributed by atoms with E-state index >= 15 is 0 Å².